The molecule has 2 N–H and O–H groups in total. The van der Waals surface area contributed by atoms with Crippen molar-refractivity contribution in [1.82, 2.24) is 15.3 Å². The zero-order valence-corrected chi connectivity index (χ0v) is 24.5. The highest BCUT2D eigenvalue weighted by atomic mass is 79.9. The topological polar surface area (TPSA) is 143 Å². The van der Waals surface area contributed by atoms with Crippen LogP contribution in [0.3, 0.4) is 0 Å². The van der Waals surface area contributed by atoms with Crippen LogP contribution in [0.5, 0.6) is 0 Å². The molecule has 0 saturated heterocycles. The minimum absolute atomic E-state index is 0.110. The third-order valence-electron chi connectivity index (χ3n) is 6.07. The zero-order valence-electron chi connectivity index (χ0n) is 20.6. The minimum Gasteiger partial charge on any atom is -0.361 e. The predicted molar refractivity (Wildman–Crippen MR) is 153 cm³/mol. The molecule has 1 fully saturated rings. The molecule has 1 atom stereocenters. The lowest BCUT2D eigenvalue weighted by molar-refractivity contribution is -0.117. The first-order chi connectivity index (χ1) is 19.1. The van der Waals surface area contributed by atoms with Crippen LogP contribution in [0, 0.1) is 5.92 Å². The number of anilines is 2. The van der Waals surface area contributed by atoms with Crippen molar-refractivity contribution in [2.75, 3.05) is 16.9 Å². The van der Waals surface area contributed by atoms with E-state index in [9.17, 15) is 18.0 Å². The second-order valence-electron chi connectivity index (χ2n) is 9.05. The van der Waals surface area contributed by atoms with E-state index in [1.54, 1.807) is 18.2 Å². The number of carbonyl (C=O) groups excluding carboxylic acids is 2. The van der Waals surface area contributed by atoms with Gasteiger partial charge in [-0.05, 0) is 71.1 Å². The average molecular weight is 668 g/mol. The summed E-state index contributed by atoms with van der Waals surface area (Å²) in [7, 11) is -4.29. The second kappa shape index (κ2) is 11.7. The van der Waals surface area contributed by atoms with Crippen LogP contribution in [0.15, 0.2) is 69.5 Å². The van der Waals surface area contributed by atoms with E-state index in [0.717, 1.165) is 19.0 Å². The molecule has 3 heterocycles. The van der Waals surface area contributed by atoms with Gasteiger partial charge in [0.2, 0.25) is 11.8 Å². The Bertz CT molecular complexity index is 1600. The van der Waals surface area contributed by atoms with Crippen LogP contribution in [0.1, 0.15) is 29.6 Å². The zero-order chi connectivity index (χ0) is 28.4. The van der Waals surface area contributed by atoms with Gasteiger partial charge in [0.05, 0.1) is 22.7 Å². The van der Waals surface area contributed by atoms with Crippen molar-refractivity contribution in [2.24, 2.45) is 11.0 Å². The Morgan fingerprint density at radius 3 is 2.62 bits per heavy atom. The third-order valence-corrected chi connectivity index (χ3v) is 8.44. The van der Waals surface area contributed by atoms with E-state index < -0.39 is 28.0 Å². The summed E-state index contributed by atoms with van der Waals surface area (Å²) in [6.07, 6.45) is 5.87. The summed E-state index contributed by atoms with van der Waals surface area (Å²) in [6.45, 7) is 0.519. The van der Waals surface area contributed by atoms with Crippen molar-refractivity contribution in [1.29, 1.82) is 0 Å². The fourth-order valence-electron chi connectivity index (χ4n) is 3.89. The Morgan fingerprint density at radius 2 is 1.93 bits per heavy atom. The number of hydrazone groups is 1. The first-order valence-corrected chi connectivity index (χ1v) is 15.0. The van der Waals surface area contributed by atoms with Gasteiger partial charge >= 0.3 is 10.1 Å². The summed E-state index contributed by atoms with van der Waals surface area (Å²) in [4.78, 5) is 34.5. The van der Waals surface area contributed by atoms with Gasteiger partial charge in [-0.2, -0.15) is 8.42 Å². The summed E-state index contributed by atoms with van der Waals surface area (Å²) in [5.74, 6) is -0.729. The summed E-state index contributed by atoms with van der Waals surface area (Å²) in [5.41, 5.74) is 0.345. The summed E-state index contributed by atoms with van der Waals surface area (Å²) < 4.78 is 31.3. The molecule has 1 aliphatic heterocycles. The molecule has 1 saturated carbocycles. The van der Waals surface area contributed by atoms with Gasteiger partial charge in [0.15, 0.2) is 5.82 Å². The van der Waals surface area contributed by atoms with E-state index in [1.807, 2.05) is 0 Å². The van der Waals surface area contributed by atoms with Crippen LogP contribution in [0.4, 0.5) is 11.5 Å². The maximum Gasteiger partial charge on any atom is 0.341 e. The van der Waals surface area contributed by atoms with Crippen molar-refractivity contribution in [3.05, 3.63) is 75.1 Å². The molecule has 1 aliphatic carbocycles. The number of carbonyl (C=O) groups is 2. The molecule has 0 spiro atoms. The van der Waals surface area contributed by atoms with Gasteiger partial charge in [-0.15, -0.1) is 5.10 Å². The third kappa shape index (κ3) is 6.38. The molecule has 2 amide bonds. The number of amides is 2. The number of nitrogens with one attached hydrogen (secondary N) is 2. The van der Waals surface area contributed by atoms with Crippen LogP contribution < -0.4 is 15.6 Å². The number of hydrogen-bond donors (Lipinski definition) is 2. The van der Waals surface area contributed by atoms with Crippen molar-refractivity contribution >= 4 is 78.5 Å². The van der Waals surface area contributed by atoms with Crippen LogP contribution in [0.25, 0.3) is 0 Å². The van der Waals surface area contributed by atoms with E-state index in [2.05, 4.69) is 41.6 Å². The lowest BCUT2D eigenvalue weighted by Gasteiger charge is -2.23. The molecule has 0 radical (unpaired) electrons. The van der Waals surface area contributed by atoms with Gasteiger partial charge in [-0.1, -0.05) is 23.2 Å². The second-order valence-corrected chi connectivity index (χ2v) is 12.3. The van der Waals surface area contributed by atoms with Gasteiger partial charge in [-0.3, -0.25) is 14.6 Å². The quantitative estimate of drug-likeness (QED) is 0.331. The molecule has 3 aromatic rings. The number of pyridine rings is 2. The molecule has 15 heteroatoms. The molecule has 1 aromatic carbocycles. The number of benzene rings is 1. The smallest absolute Gasteiger partial charge is 0.341 e. The monoisotopic (exact) mass is 666 g/mol. The lowest BCUT2D eigenvalue weighted by Crippen LogP contribution is -2.39. The van der Waals surface area contributed by atoms with Gasteiger partial charge in [0.25, 0.3) is 5.91 Å². The predicted octanol–water partition coefficient (Wildman–Crippen LogP) is 4.62. The lowest BCUT2D eigenvalue weighted by atomic mass is 10.1. The Hall–Kier alpha value is -3.26. The van der Waals surface area contributed by atoms with Crippen LogP contribution >= 0.6 is 39.1 Å². The Labute approximate surface area is 248 Å². The molecule has 5 rings (SSSR count). The number of hydrogen-bond acceptors (Lipinski definition) is 9. The molecule has 1 unspecified atom stereocenters. The molecule has 208 valence electrons. The van der Waals surface area contributed by atoms with Crippen LogP contribution in [-0.2, 0) is 19.1 Å². The molecule has 11 nitrogen and oxygen atoms in total. The standard InChI is InChI=1S/C25H21BrCl2N6O5S/c26-18-10-15(27)9-17(24(35)31-12-14-5-6-14)22(18)32-25(36)20-11-21(33-34(20)23-19(28)4-2-8-30-23)39-40(37,38)16-3-1-7-29-13-16/h1-4,7-10,13-14,20H,5-6,11-12H2,(H,31,35)(H,32,36). The maximum atomic E-state index is 13.7. The first-order valence-electron chi connectivity index (χ1n) is 12.0. The summed E-state index contributed by atoms with van der Waals surface area (Å²) in [5, 5.41) is 11.5. The van der Waals surface area contributed by atoms with Gasteiger partial charge < -0.3 is 14.8 Å². The van der Waals surface area contributed by atoms with Gasteiger partial charge in [0, 0.05) is 34.6 Å². The van der Waals surface area contributed by atoms with E-state index >= 15 is 0 Å². The normalized spacial score (nSPS) is 16.8. The van der Waals surface area contributed by atoms with E-state index in [-0.39, 0.29) is 39.3 Å². The molecule has 2 aliphatic rings. The number of nitrogens with zero attached hydrogens (tertiary/aromatic N) is 4. The minimum atomic E-state index is -4.29. The van der Waals surface area contributed by atoms with Crippen molar-refractivity contribution in [3.8, 4) is 0 Å². The van der Waals surface area contributed by atoms with Gasteiger partial charge in [0.1, 0.15) is 10.9 Å². The Kier molecular flexibility index (Phi) is 8.26. The summed E-state index contributed by atoms with van der Waals surface area (Å²) in [6, 6.07) is 7.80. The average Bonchev–Trinajstić information content (AvgIpc) is 3.67. The van der Waals surface area contributed by atoms with Gasteiger partial charge in [-0.25, -0.2) is 9.99 Å². The van der Waals surface area contributed by atoms with Crippen LogP contribution in [0.2, 0.25) is 10.0 Å². The SMILES string of the molecule is O=C(NCC1CC1)c1cc(Cl)cc(Br)c1NC(=O)C1CC(OS(=O)(=O)c2cccnc2)=NN1c1ncccc1Cl. The van der Waals surface area contributed by atoms with E-state index in [1.165, 1.54) is 35.6 Å². The highest BCUT2D eigenvalue weighted by Gasteiger charge is 2.39. The molecular formula is C25H21BrCl2N6O5S. The largest absolute Gasteiger partial charge is 0.361 e. The molecule has 2 aromatic heterocycles. The molecule has 0 bridgehead atoms. The van der Waals surface area contributed by atoms with E-state index in [4.69, 9.17) is 27.4 Å². The highest BCUT2D eigenvalue weighted by Crippen LogP contribution is 2.34. The van der Waals surface area contributed by atoms with Crippen molar-refractivity contribution in [3.63, 3.8) is 0 Å². The Morgan fingerprint density at radius 1 is 1.15 bits per heavy atom. The molecule has 40 heavy (non-hydrogen) atoms. The highest BCUT2D eigenvalue weighted by molar-refractivity contribution is 9.10. The maximum absolute atomic E-state index is 13.7. The first kappa shape index (κ1) is 28.3. The fourth-order valence-corrected chi connectivity index (χ4v) is 5.89. The molecular weight excluding hydrogens is 647 g/mol. The Balaban J connectivity index is 1.43. The van der Waals surface area contributed by atoms with Crippen molar-refractivity contribution < 1.29 is 22.2 Å². The summed E-state index contributed by atoms with van der Waals surface area (Å²) >= 11 is 15.9. The fraction of sp³-hybridized carbons (Fsp3) is 0.240. The number of aromatic nitrogens is 2. The number of halogens is 3. The number of rotatable bonds is 8. The van der Waals surface area contributed by atoms with E-state index in [0.29, 0.717) is 22.0 Å². The van der Waals surface area contributed by atoms with Crippen LogP contribution in [-0.4, -0.2) is 48.7 Å². The van der Waals surface area contributed by atoms with Crippen molar-refractivity contribution in [2.45, 2.75) is 30.2 Å².